The van der Waals surface area contributed by atoms with Crippen molar-refractivity contribution in [1.82, 2.24) is 4.98 Å². The number of ether oxygens (including phenoxy) is 1. The highest BCUT2D eigenvalue weighted by Crippen LogP contribution is 2.33. The van der Waals surface area contributed by atoms with E-state index in [1.807, 2.05) is 32.0 Å². The molecule has 1 aromatic heterocycles. The van der Waals surface area contributed by atoms with Gasteiger partial charge >= 0.3 is 5.97 Å². The van der Waals surface area contributed by atoms with Gasteiger partial charge in [-0.2, -0.15) is 0 Å². The van der Waals surface area contributed by atoms with Crippen LogP contribution in [0.1, 0.15) is 20.3 Å². The molecule has 0 N–H and O–H groups in total. The summed E-state index contributed by atoms with van der Waals surface area (Å²) in [6.07, 6.45) is 0.836. The van der Waals surface area contributed by atoms with Crippen molar-refractivity contribution in [2.24, 2.45) is 0 Å². The van der Waals surface area contributed by atoms with Crippen LogP contribution in [-0.2, 0) is 9.53 Å². The Morgan fingerprint density at radius 3 is 3.11 bits per heavy atom. The standard InChI is InChI=1S/C13H14ClNO2S2/c1-3-6-17-12(16)8(2)18-13-15-10-7-9(14)4-5-11(10)19-13/h4-5,7-8H,3,6H2,1-2H3. The maximum absolute atomic E-state index is 11.7. The van der Waals surface area contributed by atoms with E-state index < -0.39 is 0 Å². The molecule has 0 bridgehead atoms. The molecule has 0 saturated carbocycles. The van der Waals surface area contributed by atoms with Crippen molar-refractivity contribution in [1.29, 1.82) is 0 Å². The van der Waals surface area contributed by atoms with Crippen LogP contribution in [0.3, 0.4) is 0 Å². The molecule has 1 aromatic carbocycles. The Labute approximate surface area is 125 Å². The Morgan fingerprint density at radius 2 is 2.37 bits per heavy atom. The lowest BCUT2D eigenvalue weighted by molar-refractivity contribution is -0.142. The second-order valence-electron chi connectivity index (χ2n) is 4.02. The summed E-state index contributed by atoms with van der Waals surface area (Å²) in [5.41, 5.74) is 0.870. The number of hydrogen-bond acceptors (Lipinski definition) is 5. The van der Waals surface area contributed by atoms with Gasteiger partial charge in [-0.25, -0.2) is 4.98 Å². The molecule has 1 heterocycles. The molecule has 6 heteroatoms. The zero-order valence-electron chi connectivity index (χ0n) is 10.7. The highest BCUT2D eigenvalue weighted by Gasteiger charge is 2.18. The molecule has 0 amide bonds. The molecule has 102 valence electrons. The number of nitrogens with zero attached hydrogens (tertiary/aromatic N) is 1. The highest BCUT2D eigenvalue weighted by molar-refractivity contribution is 8.02. The van der Waals surface area contributed by atoms with Gasteiger partial charge < -0.3 is 4.74 Å². The Balaban J connectivity index is 2.06. The van der Waals surface area contributed by atoms with Crippen LogP contribution in [0.5, 0.6) is 0 Å². The summed E-state index contributed by atoms with van der Waals surface area (Å²) in [5.74, 6) is -0.191. The molecule has 0 fully saturated rings. The number of esters is 1. The summed E-state index contributed by atoms with van der Waals surface area (Å²) >= 11 is 8.91. The third-order valence-electron chi connectivity index (χ3n) is 2.39. The van der Waals surface area contributed by atoms with Crippen LogP contribution in [-0.4, -0.2) is 22.8 Å². The van der Waals surface area contributed by atoms with Gasteiger partial charge in [0.2, 0.25) is 0 Å². The van der Waals surface area contributed by atoms with Crippen molar-refractivity contribution >= 4 is 50.9 Å². The van der Waals surface area contributed by atoms with Crippen molar-refractivity contribution in [3.63, 3.8) is 0 Å². The van der Waals surface area contributed by atoms with E-state index in [4.69, 9.17) is 16.3 Å². The molecule has 2 aromatic rings. The third-order valence-corrected chi connectivity index (χ3v) is 4.83. The van der Waals surface area contributed by atoms with E-state index in [0.717, 1.165) is 21.0 Å². The van der Waals surface area contributed by atoms with Crippen molar-refractivity contribution in [3.8, 4) is 0 Å². The van der Waals surface area contributed by atoms with Crippen LogP contribution in [0.4, 0.5) is 0 Å². The van der Waals surface area contributed by atoms with E-state index in [2.05, 4.69) is 4.98 Å². The molecule has 1 unspecified atom stereocenters. The Morgan fingerprint density at radius 1 is 1.58 bits per heavy atom. The van der Waals surface area contributed by atoms with Crippen LogP contribution < -0.4 is 0 Å². The summed E-state index contributed by atoms with van der Waals surface area (Å²) in [6.45, 7) is 4.28. The fourth-order valence-corrected chi connectivity index (χ4v) is 3.81. The van der Waals surface area contributed by atoms with Crippen molar-refractivity contribution < 1.29 is 9.53 Å². The number of hydrogen-bond donors (Lipinski definition) is 0. The van der Waals surface area contributed by atoms with E-state index in [0.29, 0.717) is 11.6 Å². The second kappa shape index (κ2) is 6.59. The fraction of sp³-hybridized carbons (Fsp3) is 0.385. The minimum atomic E-state index is -0.248. The summed E-state index contributed by atoms with van der Waals surface area (Å²) in [4.78, 5) is 16.2. The van der Waals surface area contributed by atoms with Crippen molar-refractivity contribution in [2.45, 2.75) is 29.9 Å². The lowest BCUT2D eigenvalue weighted by Gasteiger charge is -2.08. The van der Waals surface area contributed by atoms with Gasteiger partial charge in [-0.05, 0) is 31.5 Å². The zero-order chi connectivity index (χ0) is 13.8. The number of rotatable bonds is 5. The van der Waals surface area contributed by atoms with Crippen LogP contribution in [0.25, 0.3) is 10.2 Å². The predicted molar refractivity (Wildman–Crippen MR) is 81.2 cm³/mol. The Hall–Kier alpha value is -0.780. The molecule has 0 aliphatic heterocycles. The zero-order valence-corrected chi connectivity index (χ0v) is 13.1. The lowest BCUT2D eigenvalue weighted by Crippen LogP contribution is -2.17. The van der Waals surface area contributed by atoms with Gasteiger partial charge in [0.15, 0.2) is 4.34 Å². The minimum Gasteiger partial charge on any atom is -0.465 e. The first kappa shape index (κ1) is 14.6. The summed E-state index contributed by atoms with van der Waals surface area (Å²) in [6, 6.07) is 5.62. The third kappa shape index (κ3) is 3.84. The quantitative estimate of drug-likeness (QED) is 0.606. The van der Waals surface area contributed by atoms with Gasteiger partial charge in [0, 0.05) is 5.02 Å². The highest BCUT2D eigenvalue weighted by atomic mass is 35.5. The van der Waals surface area contributed by atoms with Crippen LogP contribution in [0.2, 0.25) is 5.02 Å². The first-order chi connectivity index (χ1) is 9.10. The Kier molecular flexibility index (Phi) is 5.07. The monoisotopic (exact) mass is 315 g/mol. The molecular formula is C13H14ClNO2S2. The summed E-state index contributed by atoms with van der Waals surface area (Å²) in [7, 11) is 0. The molecule has 0 saturated heterocycles. The molecule has 0 radical (unpaired) electrons. The van der Waals surface area contributed by atoms with E-state index in [1.165, 1.54) is 11.8 Å². The molecular weight excluding hydrogens is 302 g/mol. The summed E-state index contributed by atoms with van der Waals surface area (Å²) < 4.78 is 7.04. The average Bonchev–Trinajstić information content (AvgIpc) is 2.77. The van der Waals surface area contributed by atoms with Gasteiger partial charge in [0.1, 0.15) is 5.25 Å². The minimum absolute atomic E-state index is 0.191. The lowest BCUT2D eigenvalue weighted by atomic mass is 10.3. The molecule has 0 spiro atoms. The molecule has 19 heavy (non-hydrogen) atoms. The maximum atomic E-state index is 11.7. The van der Waals surface area contributed by atoms with Gasteiger partial charge in [0.05, 0.1) is 16.8 Å². The SMILES string of the molecule is CCCOC(=O)C(C)Sc1nc2cc(Cl)ccc2s1. The number of thiazole rings is 1. The number of aromatic nitrogens is 1. The van der Waals surface area contributed by atoms with Crippen molar-refractivity contribution in [2.75, 3.05) is 6.61 Å². The van der Waals surface area contributed by atoms with Crippen LogP contribution >= 0.6 is 34.7 Å². The van der Waals surface area contributed by atoms with Crippen LogP contribution in [0.15, 0.2) is 22.5 Å². The van der Waals surface area contributed by atoms with Gasteiger partial charge in [-0.3, -0.25) is 4.79 Å². The topological polar surface area (TPSA) is 39.2 Å². The predicted octanol–water partition coefficient (Wildman–Crippen LogP) is 4.38. The molecule has 0 aliphatic carbocycles. The first-order valence-corrected chi connectivity index (χ1v) is 8.07. The molecule has 3 nitrogen and oxygen atoms in total. The largest absolute Gasteiger partial charge is 0.465 e. The Bertz CT molecular complexity index is 585. The van der Waals surface area contributed by atoms with Gasteiger partial charge in [0.25, 0.3) is 0 Å². The molecule has 2 rings (SSSR count). The van der Waals surface area contributed by atoms with Gasteiger partial charge in [-0.1, -0.05) is 30.3 Å². The first-order valence-electron chi connectivity index (χ1n) is 5.99. The van der Waals surface area contributed by atoms with E-state index in [1.54, 1.807) is 11.3 Å². The maximum Gasteiger partial charge on any atom is 0.319 e. The normalized spacial score (nSPS) is 12.6. The number of benzene rings is 1. The van der Waals surface area contributed by atoms with E-state index in [-0.39, 0.29) is 11.2 Å². The number of carbonyl (C=O) groups excluding carboxylic acids is 1. The molecule has 0 aliphatic rings. The second-order valence-corrected chi connectivity index (χ2v) is 7.07. The summed E-state index contributed by atoms with van der Waals surface area (Å²) in [5, 5.41) is 0.423. The van der Waals surface area contributed by atoms with E-state index in [9.17, 15) is 4.79 Å². The van der Waals surface area contributed by atoms with Crippen LogP contribution in [0, 0.1) is 0 Å². The van der Waals surface area contributed by atoms with Gasteiger partial charge in [-0.15, -0.1) is 11.3 Å². The number of halogens is 1. The number of fused-ring (bicyclic) bond motifs is 1. The number of carbonyl (C=O) groups is 1. The molecule has 1 atom stereocenters. The fourth-order valence-electron chi connectivity index (χ4n) is 1.45. The smallest absolute Gasteiger partial charge is 0.319 e. The number of thioether (sulfide) groups is 1. The average molecular weight is 316 g/mol. The van der Waals surface area contributed by atoms with Crippen molar-refractivity contribution in [3.05, 3.63) is 23.2 Å². The van der Waals surface area contributed by atoms with E-state index >= 15 is 0 Å².